The first-order valence-corrected chi connectivity index (χ1v) is 5.80. The summed E-state index contributed by atoms with van der Waals surface area (Å²) in [7, 11) is 0. The summed E-state index contributed by atoms with van der Waals surface area (Å²) in [5.74, 6) is -4.81. The van der Waals surface area contributed by atoms with Crippen molar-refractivity contribution in [3.63, 3.8) is 0 Å². The molecule has 1 saturated heterocycles. The predicted molar refractivity (Wildman–Crippen MR) is 62.3 cm³/mol. The Bertz CT molecular complexity index is 508. The topological polar surface area (TPSA) is 62.1 Å². The summed E-state index contributed by atoms with van der Waals surface area (Å²) in [6.45, 7) is 0.645. The maximum absolute atomic E-state index is 12.9. The van der Waals surface area contributed by atoms with Crippen LogP contribution in [-0.4, -0.2) is 24.5 Å². The van der Waals surface area contributed by atoms with Crippen LogP contribution in [0.15, 0.2) is 24.3 Å². The second-order valence-electron chi connectivity index (χ2n) is 4.38. The number of hydrogen-bond donors (Lipinski definition) is 1. The first-order chi connectivity index (χ1) is 9.01. The lowest BCUT2D eigenvalue weighted by atomic mass is 10.1. The first kappa shape index (κ1) is 13.4. The lowest BCUT2D eigenvalue weighted by molar-refractivity contribution is -0.159. The summed E-state index contributed by atoms with van der Waals surface area (Å²) < 4.78 is 30.3. The molecule has 0 saturated carbocycles. The molecule has 1 fully saturated rings. The van der Waals surface area contributed by atoms with Crippen LogP contribution < -0.4 is 5.32 Å². The fraction of sp³-hybridized carbons (Fsp3) is 0.385. The van der Waals surface area contributed by atoms with Crippen LogP contribution in [0, 0.1) is 11.3 Å². The number of carbonyl (C=O) groups is 1. The summed E-state index contributed by atoms with van der Waals surface area (Å²) in [4.78, 5) is 10.8. The van der Waals surface area contributed by atoms with Crippen molar-refractivity contribution in [2.24, 2.45) is 0 Å². The number of hydrogen-bond acceptors (Lipinski definition) is 4. The number of carbonyl (C=O) groups excluding carboxylic acids is 1. The van der Waals surface area contributed by atoms with Crippen LogP contribution in [0.5, 0.6) is 0 Å². The summed E-state index contributed by atoms with van der Waals surface area (Å²) in [6.07, 6.45) is -1.37. The number of benzene rings is 1. The van der Waals surface area contributed by atoms with Gasteiger partial charge in [0.05, 0.1) is 18.1 Å². The highest BCUT2D eigenvalue weighted by Crippen LogP contribution is 2.30. The average molecular weight is 266 g/mol. The van der Waals surface area contributed by atoms with E-state index in [0.29, 0.717) is 12.1 Å². The van der Waals surface area contributed by atoms with E-state index in [9.17, 15) is 13.6 Å². The molecular formula is C13H12F2N2O2. The molecule has 0 bridgehead atoms. The molecule has 1 unspecified atom stereocenters. The summed E-state index contributed by atoms with van der Waals surface area (Å²) >= 11 is 0. The van der Waals surface area contributed by atoms with Gasteiger partial charge in [0, 0.05) is 13.1 Å². The molecule has 0 amide bonds. The minimum Gasteiger partial charge on any atom is -0.456 e. The van der Waals surface area contributed by atoms with Gasteiger partial charge in [-0.1, -0.05) is 12.1 Å². The van der Waals surface area contributed by atoms with Gasteiger partial charge in [-0.25, -0.2) is 4.79 Å². The highest BCUT2D eigenvalue weighted by atomic mass is 19.3. The molecule has 1 N–H and O–H groups in total. The van der Waals surface area contributed by atoms with Gasteiger partial charge in [0.1, 0.15) is 6.10 Å². The molecule has 0 aromatic heterocycles. The average Bonchev–Trinajstić information content (AvgIpc) is 2.64. The van der Waals surface area contributed by atoms with Gasteiger partial charge in [-0.05, 0) is 17.7 Å². The maximum atomic E-state index is 12.9. The molecule has 1 aromatic carbocycles. The first-order valence-electron chi connectivity index (χ1n) is 5.80. The highest BCUT2D eigenvalue weighted by molar-refractivity contribution is 5.79. The number of halogens is 2. The van der Waals surface area contributed by atoms with Crippen molar-refractivity contribution in [3.8, 4) is 6.07 Å². The molecule has 0 spiro atoms. The van der Waals surface area contributed by atoms with Gasteiger partial charge in [0.25, 0.3) is 0 Å². The van der Waals surface area contributed by atoms with Gasteiger partial charge < -0.3 is 10.1 Å². The Hall–Kier alpha value is -2.00. The number of alkyl halides is 2. The SMILES string of the molecule is N#Cc1ccc(CNCC2CC(F)(F)C(=O)O2)cc1. The van der Waals surface area contributed by atoms with Gasteiger partial charge in [0.15, 0.2) is 0 Å². The van der Waals surface area contributed by atoms with Gasteiger partial charge >= 0.3 is 11.9 Å². The Morgan fingerprint density at radius 2 is 2.11 bits per heavy atom. The monoisotopic (exact) mass is 266 g/mol. The summed E-state index contributed by atoms with van der Waals surface area (Å²) in [5.41, 5.74) is 1.49. The Labute approximate surface area is 109 Å². The van der Waals surface area contributed by atoms with Crippen molar-refractivity contribution in [1.29, 1.82) is 5.26 Å². The van der Waals surface area contributed by atoms with E-state index in [1.54, 1.807) is 24.3 Å². The van der Waals surface area contributed by atoms with Crippen molar-refractivity contribution in [1.82, 2.24) is 5.32 Å². The van der Waals surface area contributed by atoms with Crippen molar-refractivity contribution >= 4 is 5.97 Å². The molecule has 1 atom stereocenters. The third-order valence-electron chi connectivity index (χ3n) is 2.84. The number of nitrogens with one attached hydrogen (secondary N) is 1. The second kappa shape index (κ2) is 5.33. The molecule has 19 heavy (non-hydrogen) atoms. The standard InChI is InChI=1S/C13H12F2N2O2/c14-13(15)5-11(19-12(13)18)8-17-7-10-3-1-9(6-16)2-4-10/h1-4,11,17H,5,7-8H2. The Kier molecular flexibility index (Phi) is 3.76. The molecule has 1 aliphatic heterocycles. The third kappa shape index (κ3) is 3.26. The number of cyclic esters (lactones) is 1. The molecule has 1 heterocycles. The van der Waals surface area contributed by atoms with Crippen molar-refractivity contribution in [3.05, 3.63) is 35.4 Å². The smallest absolute Gasteiger partial charge is 0.377 e. The Balaban J connectivity index is 1.78. The zero-order valence-electron chi connectivity index (χ0n) is 10.0. The summed E-state index contributed by atoms with van der Waals surface area (Å²) in [5, 5.41) is 11.6. The molecule has 1 aliphatic rings. The van der Waals surface area contributed by atoms with Crippen molar-refractivity contribution in [2.75, 3.05) is 6.54 Å². The zero-order chi connectivity index (χ0) is 13.9. The van der Waals surface area contributed by atoms with Crippen LogP contribution in [0.25, 0.3) is 0 Å². The fourth-order valence-electron chi connectivity index (χ4n) is 1.84. The molecule has 0 aliphatic carbocycles. The normalized spacial score (nSPS) is 20.9. The van der Waals surface area contributed by atoms with E-state index >= 15 is 0 Å². The summed E-state index contributed by atoms with van der Waals surface area (Å²) in [6, 6.07) is 8.93. The van der Waals surface area contributed by atoms with E-state index in [1.807, 2.05) is 6.07 Å². The van der Waals surface area contributed by atoms with E-state index in [4.69, 9.17) is 5.26 Å². The van der Waals surface area contributed by atoms with E-state index in [0.717, 1.165) is 5.56 Å². The lowest BCUT2D eigenvalue weighted by Crippen LogP contribution is -2.26. The van der Waals surface area contributed by atoms with E-state index in [2.05, 4.69) is 10.1 Å². The molecule has 0 radical (unpaired) electrons. The van der Waals surface area contributed by atoms with Crippen molar-refractivity contribution in [2.45, 2.75) is 25.0 Å². The lowest BCUT2D eigenvalue weighted by Gasteiger charge is -2.09. The molecule has 100 valence electrons. The van der Waals surface area contributed by atoms with Crippen LogP contribution in [0.2, 0.25) is 0 Å². The minimum absolute atomic E-state index is 0.182. The molecular weight excluding hydrogens is 254 g/mol. The third-order valence-corrected chi connectivity index (χ3v) is 2.84. The molecule has 4 nitrogen and oxygen atoms in total. The molecule has 6 heteroatoms. The van der Waals surface area contributed by atoms with Crippen LogP contribution >= 0.6 is 0 Å². The van der Waals surface area contributed by atoms with Crippen LogP contribution in [0.1, 0.15) is 17.5 Å². The largest absolute Gasteiger partial charge is 0.456 e. The maximum Gasteiger partial charge on any atom is 0.377 e. The van der Waals surface area contributed by atoms with Gasteiger partial charge in [-0.15, -0.1) is 0 Å². The van der Waals surface area contributed by atoms with Gasteiger partial charge in [-0.3, -0.25) is 0 Å². The van der Waals surface area contributed by atoms with Gasteiger partial charge in [-0.2, -0.15) is 14.0 Å². The quantitative estimate of drug-likeness (QED) is 0.841. The van der Waals surface area contributed by atoms with Crippen LogP contribution in [-0.2, 0) is 16.1 Å². The second-order valence-corrected chi connectivity index (χ2v) is 4.38. The Morgan fingerprint density at radius 1 is 1.42 bits per heavy atom. The number of rotatable bonds is 4. The van der Waals surface area contributed by atoms with E-state index in [1.165, 1.54) is 0 Å². The molecule has 1 aromatic rings. The number of nitrogens with zero attached hydrogens (tertiary/aromatic N) is 1. The zero-order valence-corrected chi connectivity index (χ0v) is 10.0. The molecule has 2 rings (SSSR count). The number of nitriles is 1. The highest BCUT2D eigenvalue weighted by Gasteiger charge is 2.50. The Morgan fingerprint density at radius 3 is 2.63 bits per heavy atom. The van der Waals surface area contributed by atoms with E-state index in [-0.39, 0.29) is 6.54 Å². The number of esters is 1. The van der Waals surface area contributed by atoms with Crippen LogP contribution in [0.3, 0.4) is 0 Å². The number of ether oxygens (including phenoxy) is 1. The minimum atomic E-state index is -3.36. The van der Waals surface area contributed by atoms with E-state index < -0.39 is 24.4 Å². The fourth-order valence-corrected chi connectivity index (χ4v) is 1.84. The predicted octanol–water partition coefficient (Wildman–Crippen LogP) is 1.60. The van der Waals surface area contributed by atoms with Gasteiger partial charge in [0.2, 0.25) is 0 Å². The van der Waals surface area contributed by atoms with Crippen molar-refractivity contribution < 1.29 is 18.3 Å². The van der Waals surface area contributed by atoms with Crippen LogP contribution in [0.4, 0.5) is 8.78 Å².